The number of carbonyl (C=O) groups is 1. The minimum absolute atomic E-state index is 0.0381. The number of aromatic nitrogens is 1. The molecule has 0 spiro atoms. The number of hydrogen-bond donors (Lipinski definition) is 1. The lowest BCUT2D eigenvalue weighted by molar-refractivity contribution is -0.115. The van der Waals surface area contributed by atoms with Gasteiger partial charge in [0.2, 0.25) is 11.8 Å². The summed E-state index contributed by atoms with van der Waals surface area (Å²) in [6.45, 7) is 4.34. The molecule has 0 aliphatic rings. The highest BCUT2D eigenvalue weighted by molar-refractivity contribution is 7.99. The van der Waals surface area contributed by atoms with Gasteiger partial charge in [0.05, 0.1) is 6.42 Å². The Balaban J connectivity index is 1.38. The quantitative estimate of drug-likeness (QED) is 0.392. The molecule has 1 heterocycles. The summed E-state index contributed by atoms with van der Waals surface area (Å²) < 4.78 is 5.79. The Morgan fingerprint density at radius 1 is 1.00 bits per heavy atom. The number of oxazole rings is 1. The summed E-state index contributed by atoms with van der Waals surface area (Å²) in [5.41, 5.74) is 4.22. The van der Waals surface area contributed by atoms with E-state index < -0.39 is 0 Å². The number of thioether (sulfide) groups is 1. The average molecular weight is 403 g/mol. The first-order valence-corrected chi connectivity index (χ1v) is 10.5. The average Bonchev–Trinajstić information content (AvgIpc) is 3.14. The van der Waals surface area contributed by atoms with E-state index in [2.05, 4.69) is 36.3 Å². The molecule has 146 valence electrons. The second-order valence-electron chi connectivity index (χ2n) is 7.10. The highest BCUT2D eigenvalue weighted by atomic mass is 32.2. The van der Waals surface area contributed by atoms with Crippen LogP contribution in [0.3, 0.4) is 0 Å². The molecule has 3 aromatic carbocycles. The highest BCUT2D eigenvalue weighted by Gasteiger charge is 2.09. The van der Waals surface area contributed by atoms with Crippen LogP contribution in [0.4, 0.5) is 5.69 Å². The highest BCUT2D eigenvalue weighted by Crippen LogP contribution is 2.25. The third-order valence-corrected chi connectivity index (χ3v) is 5.39. The monoisotopic (exact) mass is 402 g/mol. The van der Waals surface area contributed by atoms with Crippen molar-refractivity contribution in [1.82, 2.24) is 4.98 Å². The number of rotatable bonds is 6. The van der Waals surface area contributed by atoms with Gasteiger partial charge in [0, 0.05) is 21.4 Å². The smallest absolute Gasteiger partial charge is 0.228 e. The number of benzene rings is 3. The number of nitrogens with zero attached hydrogens (tertiary/aromatic N) is 1. The fourth-order valence-electron chi connectivity index (χ4n) is 3.04. The van der Waals surface area contributed by atoms with E-state index in [0.717, 1.165) is 27.9 Å². The Kier molecular flexibility index (Phi) is 5.67. The van der Waals surface area contributed by atoms with Gasteiger partial charge in [-0.15, -0.1) is 11.8 Å². The van der Waals surface area contributed by atoms with Crippen LogP contribution in [0.5, 0.6) is 0 Å². The van der Waals surface area contributed by atoms with E-state index in [9.17, 15) is 4.79 Å². The third-order valence-electron chi connectivity index (χ3n) is 4.37. The van der Waals surface area contributed by atoms with E-state index in [4.69, 9.17) is 4.42 Å². The van der Waals surface area contributed by atoms with E-state index >= 15 is 0 Å². The lowest BCUT2D eigenvalue weighted by atomic mass is 10.1. The van der Waals surface area contributed by atoms with Crippen molar-refractivity contribution in [1.29, 1.82) is 0 Å². The van der Waals surface area contributed by atoms with Gasteiger partial charge < -0.3 is 9.73 Å². The topological polar surface area (TPSA) is 55.1 Å². The molecule has 1 amide bonds. The first-order valence-electron chi connectivity index (χ1n) is 9.58. The second kappa shape index (κ2) is 8.53. The maximum absolute atomic E-state index is 12.4. The van der Waals surface area contributed by atoms with Gasteiger partial charge in [0.1, 0.15) is 5.52 Å². The predicted molar refractivity (Wildman–Crippen MR) is 119 cm³/mol. The van der Waals surface area contributed by atoms with Gasteiger partial charge in [-0.1, -0.05) is 38.1 Å². The summed E-state index contributed by atoms with van der Waals surface area (Å²) >= 11 is 1.82. The van der Waals surface area contributed by atoms with Gasteiger partial charge in [-0.05, 0) is 54.1 Å². The van der Waals surface area contributed by atoms with Gasteiger partial charge in [-0.3, -0.25) is 4.79 Å². The van der Waals surface area contributed by atoms with Crippen molar-refractivity contribution in [3.05, 3.63) is 78.4 Å². The zero-order valence-corrected chi connectivity index (χ0v) is 17.2. The van der Waals surface area contributed by atoms with E-state index in [1.54, 1.807) is 0 Å². The lowest BCUT2D eigenvalue weighted by Crippen LogP contribution is -2.14. The van der Waals surface area contributed by atoms with Gasteiger partial charge in [-0.25, -0.2) is 4.98 Å². The summed E-state index contributed by atoms with van der Waals surface area (Å²) in [6.07, 6.45) is 0.347. The Bertz CT molecular complexity index is 1080. The molecule has 0 fully saturated rings. The molecule has 0 saturated heterocycles. The minimum atomic E-state index is -0.0381. The van der Waals surface area contributed by atoms with Crippen molar-refractivity contribution in [3.63, 3.8) is 0 Å². The number of anilines is 1. The molecule has 5 heteroatoms. The van der Waals surface area contributed by atoms with Crippen LogP contribution < -0.4 is 5.32 Å². The molecule has 0 radical (unpaired) electrons. The number of hydrogen-bond acceptors (Lipinski definition) is 4. The maximum Gasteiger partial charge on any atom is 0.228 e. The number of carbonyl (C=O) groups excluding carboxylic acids is 1. The van der Waals surface area contributed by atoms with Crippen LogP contribution in [0, 0.1) is 0 Å². The fraction of sp³-hybridized carbons (Fsp3) is 0.167. The molecular weight excluding hydrogens is 380 g/mol. The van der Waals surface area contributed by atoms with Crippen molar-refractivity contribution in [2.45, 2.75) is 30.4 Å². The summed E-state index contributed by atoms with van der Waals surface area (Å²) in [6, 6.07) is 23.4. The van der Waals surface area contributed by atoms with Gasteiger partial charge in [0.25, 0.3) is 0 Å². The molecule has 0 aliphatic heterocycles. The molecule has 4 rings (SSSR count). The molecule has 0 bridgehead atoms. The van der Waals surface area contributed by atoms with Crippen LogP contribution in [-0.4, -0.2) is 16.1 Å². The van der Waals surface area contributed by atoms with Crippen molar-refractivity contribution in [2.75, 3.05) is 5.32 Å². The van der Waals surface area contributed by atoms with Crippen LogP contribution >= 0.6 is 11.8 Å². The molecule has 1 N–H and O–H groups in total. The second-order valence-corrected chi connectivity index (χ2v) is 8.75. The summed E-state index contributed by atoms with van der Waals surface area (Å²) in [5.74, 6) is 0.535. The molecule has 0 aliphatic carbocycles. The molecular formula is C24H22N2O2S. The van der Waals surface area contributed by atoms with Crippen LogP contribution in [0.15, 0.2) is 82.1 Å². The van der Waals surface area contributed by atoms with E-state index in [1.165, 1.54) is 4.90 Å². The summed E-state index contributed by atoms with van der Waals surface area (Å²) in [7, 11) is 0. The molecule has 29 heavy (non-hydrogen) atoms. The zero-order valence-electron chi connectivity index (χ0n) is 16.4. The van der Waals surface area contributed by atoms with Gasteiger partial charge >= 0.3 is 0 Å². The number of nitrogens with one attached hydrogen (secondary N) is 1. The number of para-hydroxylation sites is 2. The number of fused-ring (bicyclic) bond motifs is 1. The predicted octanol–water partition coefficient (Wildman–Crippen LogP) is 6.18. The molecule has 0 atom stereocenters. The van der Waals surface area contributed by atoms with Crippen molar-refractivity contribution in [2.24, 2.45) is 0 Å². The first kappa shape index (κ1) is 19.3. The minimum Gasteiger partial charge on any atom is -0.436 e. The van der Waals surface area contributed by atoms with Crippen LogP contribution in [0.25, 0.3) is 22.6 Å². The Morgan fingerprint density at radius 2 is 1.72 bits per heavy atom. The standard InChI is InChI=1S/C24H22N2O2S/c1-16(2)29-20-13-7-17(8-14-20)15-23(27)25-19-11-9-18(10-12-19)24-26-21-5-3-4-6-22(21)28-24/h3-14,16H,15H2,1-2H3,(H,25,27). The third kappa shape index (κ3) is 4.87. The van der Waals surface area contributed by atoms with Crippen molar-refractivity contribution in [3.8, 4) is 11.5 Å². The largest absolute Gasteiger partial charge is 0.436 e. The van der Waals surface area contributed by atoms with E-state index in [1.807, 2.05) is 72.4 Å². The Labute approximate surface area is 174 Å². The van der Waals surface area contributed by atoms with Crippen molar-refractivity contribution >= 4 is 34.5 Å². The maximum atomic E-state index is 12.4. The summed E-state index contributed by atoms with van der Waals surface area (Å²) in [5, 5.41) is 3.49. The Hall–Kier alpha value is -3.05. The SMILES string of the molecule is CC(C)Sc1ccc(CC(=O)Nc2ccc(-c3nc4ccccc4o3)cc2)cc1. The molecule has 0 unspecified atom stereocenters. The van der Waals surface area contributed by atoms with E-state index in [-0.39, 0.29) is 5.91 Å². The van der Waals surface area contributed by atoms with Crippen molar-refractivity contribution < 1.29 is 9.21 Å². The molecule has 4 nitrogen and oxygen atoms in total. The van der Waals surface area contributed by atoms with Crippen LogP contribution in [0.1, 0.15) is 19.4 Å². The first-order chi connectivity index (χ1) is 14.1. The van der Waals surface area contributed by atoms with Gasteiger partial charge in [0.15, 0.2) is 5.58 Å². The Morgan fingerprint density at radius 3 is 2.41 bits per heavy atom. The van der Waals surface area contributed by atoms with Crippen LogP contribution in [-0.2, 0) is 11.2 Å². The molecule has 4 aromatic rings. The lowest BCUT2D eigenvalue weighted by Gasteiger charge is -2.08. The fourth-order valence-corrected chi connectivity index (χ4v) is 3.88. The van der Waals surface area contributed by atoms with Crippen LogP contribution in [0.2, 0.25) is 0 Å². The van der Waals surface area contributed by atoms with Gasteiger partial charge in [-0.2, -0.15) is 0 Å². The van der Waals surface area contributed by atoms with E-state index in [0.29, 0.717) is 17.6 Å². The zero-order chi connectivity index (χ0) is 20.2. The molecule has 1 aromatic heterocycles. The normalized spacial score (nSPS) is 11.1. The molecule has 0 saturated carbocycles. The summed E-state index contributed by atoms with van der Waals surface area (Å²) in [4.78, 5) is 18.1. The number of amides is 1.